The maximum Gasteiger partial charge on any atom is 0.227 e. The molecule has 5 heteroatoms. The van der Waals surface area contributed by atoms with Gasteiger partial charge in [0.25, 0.3) is 0 Å². The van der Waals surface area contributed by atoms with Crippen molar-refractivity contribution in [2.45, 2.75) is 71.8 Å². The van der Waals surface area contributed by atoms with Crippen LogP contribution in [0.15, 0.2) is 0 Å². The number of ether oxygens (including phenoxy) is 1. The Bertz CT molecular complexity index is 684. The summed E-state index contributed by atoms with van der Waals surface area (Å²) in [6, 6.07) is 0. The van der Waals surface area contributed by atoms with Crippen LogP contribution in [0.4, 0.5) is 0 Å². The van der Waals surface area contributed by atoms with E-state index in [2.05, 4.69) is 18.4 Å². The first-order valence-electron chi connectivity index (χ1n) is 10.6. The van der Waals surface area contributed by atoms with E-state index in [0.29, 0.717) is 18.8 Å². The Balaban J connectivity index is 1.77. The number of methoxy groups -OCH3 is 1. The highest BCUT2D eigenvalue weighted by Crippen LogP contribution is 2.31. The van der Waals surface area contributed by atoms with E-state index in [1.165, 1.54) is 5.69 Å². The smallest absolute Gasteiger partial charge is 0.227 e. The quantitative estimate of drug-likeness (QED) is 0.733. The van der Waals surface area contributed by atoms with Gasteiger partial charge in [0.15, 0.2) is 5.78 Å². The van der Waals surface area contributed by atoms with Crippen LogP contribution < -0.4 is 0 Å². The maximum atomic E-state index is 13.0. The molecular weight excluding hydrogens is 340 g/mol. The van der Waals surface area contributed by atoms with E-state index in [1.54, 1.807) is 7.11 Å². The zero-order valence-corrected chi connectivity index (χ0v) is 17.2. The largest absolute Gasteiger partial charge is 0.384 e. The number of unbranched alkanes of at least 4 members (excludes halogenated alkanes) is 1. The summed E-state index contributed by atoms with van der Waals surface area (Å²) >= 11 is 0. The second kappa shape index (κ2) is 9.05. The molecule has 1 aromatic heterocycles. The van der Waals surface area contributed by atoms with E-state index in [1.807, 2.05) is 4.90 Å². The van der Waals surface area contributed by atoms with Crippen molar-refractivity contribution in [2.75, 3.05) is 26.8 Å². The zero-order chi connectivity index (χ0) is 19.4. The van der Waals surface area contributed by atoms with E-state index in [0.717, 1.165) is 81.6 Å². The van der Waals surface area contributed by atoms with Crippen molar-refractivity contribution in [1.29, 1.82) is 0 Å². The van der Waals surface area contributed by atoms with E-state index in [-0.39, 0.29) is 11.7 Å². The molecule has 0 N–H and O–H groups in total. The summed E-state index contributed by atoms with van der Waals surface area (Å²) in [5, 5.41) is 0. The fraction of sp³-hybridized carbons (Fsp3) is 0.727. The molecule has 0 unspecified atom stereocenters. The predicted molar refractivity (Wildman–Crippen MR) is 106 cm³/mol. The van der Waals surface area contributed by atoms with E-state index >= 15 is 0 Å². The fourth-order valence-electron chi connectivity index (χ4n) is 4.67. The minimum absolute atomic E-state index is 0.169. The molecule has 2 aliphatic rings. The number of ketones is 1. The van der Waals surface area contributed by atoms with Crippen molar-refractivity contribution >= 4 is 11.7 Å². The Morgan fingerprint density at radius 3 is 2.63 bits per heavy atom. The molecule has 5 nitrogen and oxygen atoms in total. The van der Waals surface area contributed by atoms with Crippen LogP contribution in [0.1, 0.15) is 72.8 Å². The minimum Gasteiger partial charge on any atom is -0.384 e. The number of likely N-dealkylation sites (tertiary alicyclic amines) is 1. The number of Topliss-reactive ketones (excluding diaryl/α,β-unsaturated/α-hetero) is 1. The van der Waals surface area contributed by atoms with Crippen LogP contribution in [-0.2, 0) is 28.9 Å². The lowest BCUT2D eigenvalue weighted by Crippen LogP contribution is -2.40. The number of carbonyl (C=O) groups is 2. The summed E-state index contributed by atoms with van der Waals surface area (Å²) in [5.74, 6) is 0.962. The third-order valence-electron chi connectivity index (χ3n) is 6.29. The number of aromatic nitrogens is 1. The molecule has 0 aromatic carbocycles. The van der Waals surface area contributed by atoms with Gasteiger partial charge in [0, 0.05) is 56.7 Å². The molecule has 0 saturated carbocycles. The highest BCUT2D eigenvalue weighted by Gasteiger charge is 2.30. The van der Waals surface area contributed by atoms with Gasteiger partial charge in [0.05, 0.1) is 6.42 Å². The van der Waals surface area contributed by atoms with Gasteiger partial charge in [-0.25, -0.2) is 0 Å². The van der Waals surface area contributed by atoms with Crippen LogP contribution in [0, 0.1) is 12.8 Å². The molecule has 0 radical (unpaired) electrons. The third kappa shape index (κ3) is 4.29. The van der Waals surface area contributed by atoms with Crippen molar-refractivity contribution < 1.29 is 14.3 Å². The Labute approximate surface area is 163 Å². The molecule has 1 aromatic rings. The Morgan fingerprint density at radius 1 is 1.22 bits per heavy atom. The first-order chi connectivity index (χ1) is 13.1. The van der Waals surface area contributed by atoms with Gasteiger partial charge < -0.3 is 14.2 Å². The number of piperidine rings is 1. The highest BCUT2D eigenvalue weighted by molar-refractivity contribution is 6.01. The third-order valence-corrected chi connectivity index (χ3v) is 6.29. The van der Waals surface area contributed by atoms with Crippen LogP contribution in [0.3, 0.4) is 0 Å². The number of hydrogen-bond acceptors (Lipinski definition) is 3. The second-order valence-corrected chi connectivity index (χ2v) is 8.12. The van der Waals surface area contributed by atoms with Crippen LogP contribution in [-0.4, -0.2) is 48.0 Å². The SMILES string of the molecule is CCCCn1c(C)c(CC(=O)N2CCC(COC)CC2)c2c1CCCC2=O. The summed E-state index contributed by atoms with van der Waals surface area (Å²) in [5.41, 5.74) is 4.18. The van der Waals surface area contributed by atoms with Gasteiger partial charge in [-0.2, -0.15) is 0 Å². The molecule has 150 valence electrons. The molecular formula is C22H34N2O3. The Morgan fingerprint density at radius 2 is 1.96 bits per heavy atom. The van der Waals surface area contributed by atoms with Crippen LogP contribution in [0.2, 0.25) is 0 Å². The Hall–Kier alpha value is -1.62. The molecule has 1 saturated heterocycles. The minimum atomic E-state index is 0.169. The van der Waals surface area contributed by atoms with E-state index in [4.69, 9.17) is 4.74 Å². The van der Waals surface area contributed by atoms with Gasteiger partial charge in [0.1, 0.15) is 0 Å². The van der Waals surface area contributed by atoms with Crippen LogP contribution >= 0.6 is 0 Å². The fourth-order valence-corrected chi connectivity index (χ4v) is 4.67. The number of nitrogens with zero attached hydrogens (tertiary/aromatic N) is 2. The summed E-state index contributed by atoms with van der Waals surface area (Å²) in [7, 11) is 1.74. The van der Waals surface area contributed by atoms with Gasteiger partial charge >= 0.3 is 0 Å². The average molecular weight is 375 g/mol. The summed E-state index contributed by atoms with van der Waals surface area (Å²) < 4.78 is 7.58. The number of fused-ring (bicyclic) bond motifs is 1. The monoisotopic (exact) mass is 374 g/mol. The molecule has 1 aliphatic carbocycles. The normalized spacial score (nSPS) is 18.0. The lowest BCUT2D eigenvalue weighted by atomic mass is 9.91. The molecule has 0 spiro atoms. The standard InChI is InChI=1S/C22H34N2O3/c1-4-5-11-24-16(2)18(22-19(24)7-6-8-20(22)25)14-21(26)23-12-9-17(10-13-23)15-27-3/h17H,4-15H2,1-3H3. The van der Waals surface area contributed by atoms with Crippen molar-refractivity contribution in [3.8, 4) is 0 Å². The highest BCUT2D eigenvalue weighted by atomic mass is 16.5. The van der Waals surface area contributed by atoms with Crippen molar-refractivity contribution in [3.05, 3.63) is 22.5 Å². The number of carbonyl (C=O) groups excluding carboxylic acids is 2. The lowest BCUT2D eigenvalue weighted by Gasteiger charge is -2.31. The second-order valence-electron chi connectivity index (χ2n) is 8.12. The number of hydrogen-bond donors (Lipinski definition) is 0. The molecule has 0 bridgehead atoms. The van der Waals surface area contributed by atoms with Crippen LogP contribution in [0.25, 0.3) is 0 Å². The molecule has 1 fully saturated rings. The average Bonchev–Trinajstić information content (AvgIpc) is 2.93. The van der Waals surface area contributed by atoms with Crippen molar-refractivity contribution in [2.24, 2.45) is 5.92 Å². The summed E-state index contributed by atoms with van der Waals surface area (Å²) in [4.78, 5) is 27.6. The van der Waals surface area contributed by atoms with Gasteiger partial charge in [-0.15, -0.1) is 0 Å². The summed E-state index contributed by atoms with van der Waals surface area (Å²) in [6.45, 7) is 7.62. The van der Waals surface area contributed by atoms with Crippen molar-refractivity contribution in [1.82, 2.24) is 9.47 Å². The molecule has 2 heterocycles. The molecule has 0 atom stereocenters. The topological polar surface area (TPSA) is 51.5 Å². The molecule has 3 rings (SSSR count). The summed E-state index contributed by atoms with van der Waals surface area (Å²) in [6.07, 6.45) is 7.13. The number of amides is 1. The first kappa shape index (κ1) is 20.1. The van der Waals surface area contributed by atoms with Crippen molar-refractivity contribution in [3.63, 3.8) is 0 Å². The maximum absolute atomic E-state index is 13.0. The van der Waals surface area contributed by atoms with Gasteiger partial charge in [-0.3, -0.25) is 9.59 Å². The lowest BCUT2D eigenvalue weighted by molar-refractivity contribution is -0.132. The zero-order valence-electron chi connectivity index (χ0n) is 17.2. The first-order valence-corrected chi connectivity index (χ1v) is 10.6. The molecule has 27 heavy (non-hydrogen) atoms. The Kier molecular flexibility index (Phi) is 6.74. The van der Waals surface area contributed by atoms with Gasteiger partial charge in [-0.1, -0.05) is 13.3 Å². The van der Waals surface area contributed by atoms with E-state index < -0.39 is 0 Å². The van der Waals surface area contributed by atoms with Crippen LogP contribution in [0.5, 0.6) is 0 Å². The number of rotatable bonds is 7. The van der Waals surface area contributed by atoms with E-state index in [9.17, 15) is 9.59 Å². The molecule has 1 amide bonds. The predicted octanol–water partition coefficient (Wildman–Crippen LogP) is 3.54. The molecule has 1 aliphatic heterocycles. The van der Waals surface area contributed by atoms with Gasteiger partial charge in [0.2, 0.25) is 5.91 Å². The van der Waals surface area contributed by atoms with Gasteiger partial charge in [-0.05, 0) is 50.5 Å².